The Hall–Kier alpha value is -2.74. The lowest BCUT2D eigenvalue weighted by Gasteiger charge is -2.25. The van der Waals surface area contributed by atoms with Gasteiger partial charge in [0.15, 0.2) is 11.7 Å². The van der Waals surface area contributed by atoms with Crippen molar-refractivity contribution in [2.75, 3.05) is 7.11 Å². The minimum atomic E-state index is -0.758. The van der Waals surface area contributed by atoms with Crippen molar-refractivity contribution in [3.05, 3.63) is 58.0 Å². The predicted octanol–water partition coefficient (Wildman–Crippen LogP) is 2.14. The molecule has 0 aliphatic carbocycles. The Bertz CT molecular complexity index is 848. The average molecular weight is 350 g/mol. The number of ether oxygens (including phenoxy) is 1. The molecule has 1 unspecified atom stereocenters. The molecule has 2 aromatic rings. The van der Waals surface area contributed by atoms with Gasteiger partial charge in [-0.2, -0.15) is 5.10 Å². The fraction of sp³-hybridized carbons (Fsp3) is 0.200. The lowest BCUT2D eigenvalue weighted by atomic mass is 9.96. The van der Waals surface area contributed by atoms with Gasteiger partial charge in [0.1, 0.15) is 18.2 Å². The van der Waals surface area contributed by atoms with E-state index in [1.165, 1.54) is 31.6 Å². The molecule has 0 bridgehead atoms. The molecule has 1 aromatic carbocycles. The van der Waals surface area contributed by atoms with Crippen LogP contribution in [0.5, 0.6) is 0 Å². The van der Waals surface area contributed by atoms with Crippen LogP contribution >= 0.6 is 11.6 Å². The van der Waals surface area contributed by atoms with Gasteiger partial charge in [-0.3, -0.25) is 10.1 Å². The molecular weight excluding hydrogens is 337 g/mol. The normalized spacial score (nSPS) is 17.3. The smallest absolute Gasteiger partial charge is 0.338 e. The molecule has 124 valence electrons. The number of halogens is 2. The third kappa shape index (κ3) is 2.88. The summed E-state index contributed by atoms with van der Waals surface area (Å²) < 4.78 is 18.2. The number of aliphatic imine (C=N–C) groups is 1. The molecule has 0 radical (unpaired) electrons. The van der Waals surface area contributed by atoms with Crippen molar-refractivity contribution in [3.63, 3.8) is 0 Å². The summed E-state index contributed by atoms with van der Waals surface area (Å²) in [5.41, 5.74) is 1.30. The third-order valence-corrected chi connectivity index (χ3v) is 3.87. The molecule has 3 rings (SSSR count). The Morgan fingerprint density at radius 3 is 2.83 bits per heavy atom. The van der Waals surface area contributed by atoms with E-state index in [4.69, 9.17) is 16.3 Å². The lowest BCUT2D eigenvalue weighted by Crippen LogP contribution is -2.33. The Morgan fingerprint density at radius 1 is 1.42 bits per heavy atom. The quantitative estimate of drug-likeness (QED) is 0.828. The van der Waals surface area contributed by atoms with Crippen molar-refractivity contribution in [3.8, 4) is 0 Å². The second kappa shape index (κ2) is 6.40. The zero-order valence-electron chi connectivity index (χ0n) is 12.8. The molecule has 9 heteroatoms. The summed E-state index contributed by atoms with van der Waals surface area (Å²) in [6.07, 6.45) is 1.34. The number of nitrogens with one attached hydrogen (secondary N) is 2. The van der Waals surface area contributed by atoms with Gasteiger partial charge in [-0.05, 0) is 19.1 Å². The largest absolute Gasteiger partial charge is 0.466 e. The maximum absolute atomic E-state index is 13.4. The number of methoxy groups -OCH3 is 1. The SMILES string of the molecule is COC(=O)C1=C(C)NC(c2ncn[nH]2)=NC1c1ccc(F)cc1Cl. The van der Waals surface area contributed by atoms with Crippen LogP contribution in [-0.2, 0) is 9.53 Å². The average Bonchev–Trinajstić information content (AvgIpc) is 3.08. The zero-order valence-corrected chi connectivity index (χ0v) is 13.6. The number of allylic oxidation sites excluding steroid dienone is 1. The van der Waals surface area contributed by atoms with Gasteiger partial charge in [-0.25, -0.2) is 14.2 Å². The van der Waals surface area contributed by atoms with Crippen molar-refractivity contribution in [2.45, 2.75) is 13.0 Å². The molecule has 1 aliphatic rings. The molecule has 0 saturated heterocycles. The second-order valence-electron chi connectivity index (χ2n) is 5.04. The Balaban J connectivity index is 2.14. The minimum absolute atomic E-state index is 0.164. The fourth-order valence-electron chi connectivity index (χ4n) is 2.44. The molecule has 2 heterocycles. The van der Waals surface area contributed by atoms with Crippen LogP contribution in [0.2, 0.25) is 5.02 Å². The van der Waals surface area contributed by atoms with Crippen molar-refractivity contribution in [1.29, 1.82) is 0 Å². The second-order valence-corrected chi connectivity index (χ2v) is 5.44. The highest BCUT2D eigenvalue weighted by Gasteiger charge is 2.32. The van der Waals surface area contributed by atoms with Gasteiger partial charge >= 0.3 is 5.97 Å². The monoisotopic (exact) mass is 349 g/mol. The van der Waals surface area contributed by atoms with E-state index in [1.54, 1.807) is 6.92 Å². The number of esters is 1. The van der Waals surface area contributed by atoms with Crippen LogP contribution in [0.3, 0.4) is 0 Å². The molecule has 0 fully saturated rings. The van der Waals surface area contributed by atoms with Gasteiger partial charge in [0.25, 0.3) is 0 Å². The van der Waals surface area contributed by atoms with E-state index < -0.39 is 17.8 Å². The van der Waals surface area contributed by atoms with E-state index in [9.17, 15) is 9.18 Å². The molecule has 1 aromatic heterocycles. The van der Waals surface area contributed by atoms with Crippen LogP contribution < -0.4 is 5.32 Å². The molecular formula is C15H13ClFN5O2. The van der Waals surface area contributed by atoms with E-state index in [-0.39, 0.29) is 10.6 Å². The first kappa shape index (κ1) is 16.1. The molecule has 2 N–H and O–H groups in total. The highest BCUT2D eigenvalue weighted by molar-refractivity contribution is 6.31. The van der Waals surface area contributed by atoms with Gasteiger partial charge in [0.05, 0.1) is 12.7 Å². The summed E-state index contributed by atoms with van der Waals surface area (Å²) in [4.78, 5) is 20.7. The maximum Gasteiger partial charge on any atom is 0.338 e. The third-order valence-electron chi connectivity index (χ3n) is 3.54. The van der Waals surface area contributed by atoms with Crippen molar-refractivity contribution in [1.82, 2.24) is 20.5 Å². The number of aromatic amines is 1. The van der Waals surface area contributed by atoms with E-state index in [1.807, 2.05) is 0 Å². The van der Waals surface area contributed by atoms with Crippen molar-refractivity contribution >= 4 is 23.4 Å². The topological polar surface area (TPSA) is 92.3 Å². The number of nitrogens with zero attached hydrogens (tertiary/aromatic N) is 3. The highest BCUT2D eigenvalue weighted by atomic mass is 35.5. The van der Waals surface area contributed by atoms with Crippen LogP contribution in [0.1, 0.15) is 24.4 Å². The number of hydrogen-bond acceptors (Lipinski definition) is 6. The number of rotatable bonds is 3. The zero-order chi connectivity index (χ0) is 17.3. The number of benzene rings is 1. The summed E-state index contributed by atoms with van der Waals surface area (Å²) in [5, 5.41) is 9.63. The predicted molar refractivity (Wildman–Crippen MR) is 84.9 cm³/mol. The molecule has 0 spiro atoms. The summed E-state index contributed by atoms with van der Waals surface area (Å²) in [7, 11) is 1.28. The minimum Gasteiger partial charge on any atom is -0.466 e. The summed E-state index contributed by atoms with van der Waals surface area (Å²) >= 11 is 6.16. The number of carbonyl (C=O) groups excluding carboxylic acids is 1. The first-order chi connectivity index (χ1) is 11.5. The fourth-order valence-corrected chi connectivity index (χ4v) is 2.71. The van der Waals surface area contributed by atoms with Gasteiger partial charge in [-0.15, -0.1) is 0 Å². The van der Waals surface area contributed by atoms with Gasteiger partial charge in [-0.1, -0.05) is 17.7 Å². The van der Waals surface area contributed by atoms with Crippen LogP contribution in [0.15, 0.2) is 40.8 Å². The molecule has 1 atom stereocenters. The maximum atomic E-state index is 13.4. The van der Waals surface area contributed by atoms with Crippen LogP contribution in [-0.4, -0.2) is 34.1 Å². The summed E-state index contributed by atoms with van der Waals surface area (Å²) in [5.74, 6) is -0.229. The number of aromatic nitrogens is 3. The number of amidine groups is 1. The molecule has 24 heavy (non-hydrogen) atoms. The Kier molecular flexibility index (Phi) is 4.30. The van der Waals surface area contributed by atoms with Crippen LogP contribution in [0.4, 0.5) is 4.39 Å². The van der Waals surface area contributed by atoms with E-state index in [0.29, 0.717) is 22.9 Å². The number of H-pyrrole nitrogens is 1. The lowest BCUT2D eigenvalue weighted by molar-refractivity contribution is -0.136. The summed E-state index contributed by atoms with van der Waals surface area (Å²) in [6.45, 7) is 1.71. The van der Waals surface area contributed by atoms with Gasteiger partial charge in [0, 0.05) is 16.3 Å². The van der Waals surface area contributed by atoms with Gasteiger partial charge < -0.3 is 10.1 Å². The molecule has 0 saturated carbocycles. The van der Waals surface area contributed by atoms with E-state index >= 15 is 0 Å². The van der Waals surface area contributed by atoms with E-state index in [0.717, 1.165) is 0 Å². The number of carbonyl (C=O) groups is 1. The number of hydrogen-bond donors (Lipinski definition) is 2. The molecule has 1 aliphatic heterocycles. The van der Waals surface area contributed by atoms with E-state index in [2.05, 4.69) is 25.5 Å². The Morgan fingerprint density at radius 2 is 2.21 bits per heavy atom. The first-order valence-corrected chi connectivity index (χ1v) is 7.33. The van der Waals surface area contributed by atoms with Crippen molar-refractivity contribution in [2.24, 2.45) is 4.99 Å². The first-order valence-electron chi connectivity index (χ1n) is 6.96. The van der Waals surface area contributed by atoms with Crippen LogP contribution in [0.25, 0.3) is 0 Å². The van der Waals surface area contributed by atoms with Gasteiger partial charge in [0.2, 0.25) is 0 Å². The molecule has 7 nitrogen and oxygen atoms in total. The standard InChI is InChI=1S/C15H13ClFN5O2/c1-7-11(15(23)24-2)12(9-4-3-8(17)5-10(9)16)21-14(20-7)13-18-6-19-22-13/h3-6,12H,1-2H3,(H,20,21)(H,18,19,22). The summed E-state index contributed by atoms with van der Waals surface area (Å²) in [6, 6.07) is 3.17. The van der Waals surface area contributed by atoms with Crippen LogP contribution in [0, 0.1) is 5.82 Å². The molecule has 0 amide bonds. The Labute approximate surface area is 141 Å². The van der Waals surface area contributed by atoms with Crippen molar-refractivity contribution < 1.29 is 13.9 Å². The highest BCUT2D eigenvalue weighted by Crippen LogP contribution is 2.35.